The van der Waals surface area contributed by atoms with Gasteiger partial charge >= 0.3 is 0 Å². The second kappa shape index (κ2) is 8.97. The van der Waals surface area contributed by atoms with E-state index in [-0.39, 0.29) is 16.4 Å². The monoisotopic (exact) mass is 468 g/mol. The van der Waals surface area contributed by atoms with E-state index in [1.807, 2.05) is 26.8 Å². The summed E-state index contributed by atoms with van der Waals surface area (Å²) in [6.07, 6.45) is 2.10. The van der Waals surface area contributed by atoms with E-state index in [2.05, 4.69) is 20.2 Å². The molecule has 1 aliphatic rings. The summed E-state index contributed by atoms with van der Waals surface area (Å²) in [7, 11) is -3.87. The summed E-state index contributed by atoms with van der Waals surface area (Å²) < 4.78 is 33.9. The van der Waals surface area contributed by atoms with Crippen LogP contribution in [-0.4, -0.2) is 24.5 Å². The zero-order valence-electron chi connectivity index (χ0n) is 19.1. The van der Waals surface area contributed by atoms with E-state index in [1.54, 1.807) is 31.2 Å². The van der Waals surface area contributed by atoms with Gasteiger partial charge in [-0.05, 0) is 68.0 Å². The predicted molar refractivity (Wildman–Crippen MR) is 124 cm³/mol. The molecular formula is C24H28N4O4S. The Labute approximate surface area is 193 Å². The van der Waals surface area contributed by atoms with Gasteiger partial charge in [-0.25, -0.2) is 8.42 Å². The molecule has 0 bridgehead atoms. The molecule has 1 atom stereocenters. The van der Waals surface area contributed by atoms with Crippen LogP contribution in [0.4, 0.5) is 5.69 Å². The lowest BCUT2D eigenvalue weighted by Gasteiger charge is -2.19. The van der Waals surface area contributed by atoms with E-state index >= 15 is 0 Å². The summed E-state index contributed by atoms with van der Waals surface area (Å²) in [6.45, 7) is 7.55. The molecule has 0 aliphatic heterocycles. The first kappa shape index (κ1) is 23.0. The molecule has 1 saturated carbocycles. The first-order chi connectivity index (χ1) is 15.6. The molecule has 0 spiro atoms. The molecule has 1 fully saturated rings. The number of carbonyl (C=O) groups excluding carboxylic acids is 1. The highest BCUT2D eigenvalue weighted by Crippen LogP contribution is 2.38. The van der Waals surface area contributed by atoms with Gasteiger partial charge in [0, 0.05) is 17.2 Å². The third kappa shape index (κ3) is 5.24. The molecule has 1 unspecified atom stereocenters. The Hall–Kier alpha value is -3.20. The van der Waals surface area contributed by atoms with Gasteiger partial charge in [-0.2, -0.15) is 4.98 Å². The van der Waals surface area contributed by atoms with Crippen molar-refractivity contribution < 1.29 is 17.7 Å². The number of anilines is 1. The maximum absolute atomic E-state index is 13.2. The number of nitrogens with one attached hydrogen (secondary N) is 2. The van der Waals surface area contributed by atoms with Gasteiger partial charge in [0.25, 0.3) is 15.9 Å². The summed E-state index contributed by atoms with van der Waals surface area (Å²) in [5.74, 6) is 0.983. The van der Waals surface area contributed by atoms with Crippen molar-refractivity contribution in [2.24, 2.45) is 5.92 Å². The molecule has 2 N–H and O–H groups in total. The van der Waals surface area contributed by atoms with Crippen LogP contribution < -0.4 is 10.0 Å². The van der Waals surface area contributed by atoms with Crippen LogP contribution in [0.5, 0.6) is 0 Å². The quantitative estimate of drug-likeness (QED) is 0.503. The smallest absolute Gasteiger partial charge is 0.261 e. The van der Waals surface area contributed by atoms with E-state index in [0.29, 0.717) is 28.9 Å². The lowest BCUT2D eigenvalue weighted by molar-refractivity contribution is 0.0913. The Morgan fingerprint density at radius 1 is 1.12 bits per heavy atom. The number of benzene rings is 2. The fourth-order valence-corrected chi connectivity index (χ4v) is 4.62. The van der Waals surface area contributed by atoms with Crippen LogP contribution in [0.25, 0.3) is 0 Å². The fourth-order valence-electron chi connectivity index (χ4n) is 3.55. The summed E-state index contributed by atoms with van der Waals surface area (Å²) in [4.78, 5) is 17.7. The predicted octanol–water partition coefficient (Wildman–Crippen LogP) is 4.49. The molecule has 3 aromatic rings. The van der Waals surface area contributed by atoms with Gasteiger partial charge in [0.05, 0.1) is 4.90 Å². The normalized spacial score (nSPS) is 14.8. The van der Waals surface area contributed by atoms with Crippen molar-refractivity contribution in [1.82, 2.24) is 15.5 Å². The molecule has 1 aliphatic carbocycles. The second-order valence-corrected chi connectivity index (χ2v) is 10.6. The number of aryl methyl sites for hydroxylation is 2. The molecule has 1 amide bonds. The lowest BCUT2D eigenvalue weighted by atomic mass is 10.0. The molecule has 174 valence electrons. The average molecular weight is 469 g/mol. The minimum Gasteiger partial charge on any atom is -0.340 e. The molecule has 33 heavy (non-hydrogen) atoms. The molecule has 4 rings (SSSR count). The Morgan fingerprint density at radius 3 is 2.55 bits per heavy atom. The maximum atomic E-state index is 13.2. The summed E-state index contributed by atoms with van der Waals surface area (Å²) >= 11 is 0. The van der Waals surface area contributed by atoms with Crippen LogP contribution in [0, 0.1) is 19.8 Å². The average Bonchev–Trinajstić information content (AvgIpc) is 3.48. The summed E-state index contributed by atoms with van der Waals surface area (Å²) in [6, 6.07) is 11.1. The van der Waals surface area contributed by atoms with E-state index in [9.17, 15) is 13.2 Å². The number of aromatic nitrogens is 2. The number of hydrogen-bond donors (Lipinski definition) is 2. The summed E-state index contributed by atoms with van der Waals surface area (Å²) in [5.41, 5.74) is 2.33. The van der Waals surface area contributed by atoms with Gasteiger partial charge in [-0.3, -0.25) is 9.52 Å². The second-order valence-electron chi connectivity index (χ2n) is 8.91. The third-order valence-electron chi connectivity index (χ3n) is 5.65. The minimum absolute atomic E-state index is 0.00309. The Kier molecular flexibility index (Phi) is 6.25. The maximum Gasteiger partial charge on any atom is 0.261 e. The number of amides is 1. The number of sulfonamides is 1. The standard InChI is InChI=1S/C24H28N4O4S/c1-14(2)21(24-26-22(27-32-24)17-9-10-17)25-23(29)20-13-19(11-8-16(20)4)33(30,31)28-18-7-5-6-15(3)12-18/h5-8,11-14,17,21,28H,9-10H2,1-4H3,(H,25,29). The Balaban J connectivity index is 1.57. The molecule has 8 nitrogen and oxygen atoms in total. The number of carbonyl (C=O) groups is 1. The van der Waals surface area contributed by atoms with E-state index in [4.69, 9.17) is 4.52 Å². The van der Waals surface area contributed by atoms with Gasteiger partial charge in [0.2, 0.25) is 5.89 Å². The van der Waals surface area contributed by atoms with Crippen LogP contribution in [-0.2, 0) is 10.0 Å². The van der Waals surface area contributed by atoms with Crippen LogP contribution in [0.1, 0.15) is 71.8 Å². The number of nitrogens with zero attached hydrogens (tertiary/aromatic N) is 2. The van der Waals surface area contributed by atoms with Gasteiger partial charge in [-0.1, -0.05) is 37.2 Å². The fraction of sp³-hybridized carbons (Fsp3) is 0.375. The first-order valence-corrected chi connectivity index (χ1v) is 12.5. The molecule has 0 saturated heterocycles. The highest BCUT2D eigenvalue weighted by molar-refractivity contribution is 7.92. The Bertz CT molecular complexity index is 1280. The number of hydrogen-bond acceptors (Lipinski definition) is 6. The van der Waals surface area contributed by atoms with Crippen LogP contribution in [0.2, 0.25) is 0 Å². The van der Waals surface area contributed by atoms with E-state index < -0.39 is 22.0 Å². The molecular weight excluding hydrogens is 440 g/mol. The topological polar surface area (TPSA) is 114 Å². The van der Waals surface area contributed by atoms with Crippen molar-refractivity contribution in [3.63, 3.8) is 0 Å². The highest BCUT2D eigenvalue weighted by atomic mass is 32.2. The van der Waals surface area contributed by atoms with Crippen molar-refractivity contribution in [1.29, 1.82) is 0 Å². The molecule has 9 heteroatoms. The number of rotatable bonds is 8. The minimum atomic E-state index is -3.87. The lowest BCUT2D eigenvalue weighted by Crippen LogP contribution is -2.32. The Morgan fingerprint density at radius 2 is 1.88 bits per heavy atom. The highest BCUT2D eigenvalue weighted by Gasteiger charge is 2.32. The van der Waals surface area contributed by atoms with E-state index in [1.165, 1.54) is 12.1 Å². The van der Waals surface area contributed by atoms with Crippen molar-refractivity contribution in [2.45, 2.75) is 57.4 Å². The van der Waals surface area contributed by atoms with Crippen molar-refractivity contribution in [2.75, 3.05) is 4.72 Å². The van der Waals surface area contributed by atoms with Crippen LogP contribution in [0.15, 0.2) is 51.9 Å². The molecule has 0 radical (unpaired) electrons. The van der Waals surface area contributed by atoms with Crippen molar-refractivity contribution >= 4 is 21.6 Å². The summed E-state index contributed by atoms with van der Waals surface area (Å²) in [5, 5.41) is 6.99. The largest absolute Gasteiger partial charge is 0.340 e. The van der Waals surface area contributed by atoms with Crippen LogP contribution >= 0.6 is 0 Å². The van der Waals surface area contributed by atoms with Gasteiger partial charge in [-0.15, -0.1) is 0 Å². The van der Waals surface area contributed by atoms with Crippen LogP contribution in [0.3, 0.4) is 0 Å². The van der Waals surface area contributed by atoms with Crippen molar-refractivity contribution in [3.05, 3.63) is 70.9 Å². The van der Waals surface area contributed by atoms with Gasteiger partial charge < -0.3 is 9.84 Å². The SMILES string of the molecule is Cc1cccc(NS(=O)(=O)c2ccc(C)c(C(=O)NC(c3nc(C4CC4)no3)C(C)C)c2)c1. The van der Waals surface area contributed by atoms with Gasteiger partial charge in [0.1, 0.15) is 6.04 Å². The third-order valence-corrected chi connectivity index (χ3v) is 7.03. The molecule has 1 heterocycles. The van der Waals surface area contributed by atoms with E-state index in [0.717, 1.165) is 18.4 Å². The first-order valence-electron chi connectivity index (χ1n) is 11.0. The van der Waals surface area contributed by atoms with Crippen molar-refractivity contribution in [3.8, 4) is 0 Å². The van der Waals surface area contributed by atoms with Gasteiger partial charge in [0.15, 0.2) is 5.82 Å². The zero-order valence-corrected chi connectivity index (χ0v) is 19.9. The molecule has 2 aromatic carbocycles. The zero-order chi connectivity index (χ0) is 23.8. The molecule has 1 aromatic heterocycles.